The maximum atomic E-state index is 6.08. The molecule has 4 rings (SSSR count). The molecule has 0 fully saturated rings. The van der Waals surface area contributed by atoms with Gasteiger partial charge in [-0.25, -0.2) is 0 Å². The van der Waals surface area contributed by atoms with Crippen molar-refractivity contribution in [1.29, 1.82) is 0 Å². The molecule has 0 saturated heterocycles. The Morgan fingerprint density at radius 3 is 1.90 bits per heavy atom. The summed E-state index contributed by atoms with van der Waals surface area (Å²) in [4.78, 5) is 0. The molecule has 3 heteroatoms. The SMILES string of the molecule is Nc1cc(-n2c3ccccc3c3ccccc32)ccc1P. The summed E-state index contributed by atoms with van der Waals surface area (Å²) in [5.41, 5.74) is 10.4. The molecule has 0 amide bonds. The first-order chi connectivity index (χ1) is 10.3. The molecule has 0 radical (unpaired) electrons. The van der Waals surface area contributed by atoms with Crippen LogP contribution in [0.25, 0.3) is 27.5 Å². The van der Waals surface area contributed by atoms with E-state index in [-0.39, 0.29) is 0 Å². The lowest BCUT2D eigenvalue weighted by atomic mass is 10.2. The third kappa shape index (κ3) is 1.84. The number of benzene rings is 3. The van der Waals surface area contributed by atoms with Crippen LogP contribution in [0.15, 0.2) is 66.7 Å². The van der Waals surface area contributed by atoms with Crippen LogP contribution in [0.1, 0.15) is 0 Å². The molecule has 1 atom stereocenters. The summed E-state index contributed by atoms with van der Waals surface area (Å²) in [6.45, 7) is 0. The molecule has 3 aromatic carbocycles. The number of hydrogen-bond donors (Lipinski definition) is 1. The molecule has 1 unspecified atom stereocenters. The lowest BCUT2D eigenvalue weighted by Gasteiger charge is -2.09. The minimum absolute atomic E-state index is 0.791. The predicted molar refractivity (Wildman–Crippen MR) is 94.5 cm³/mol. The molecule has 1 aromatic heterocycles. The average molecular weight is 290 g/mol. The van der Waals surface area contributed by atoms with Gasteiger partial charge >= 0.3 is 0 Å². The Bertz CT molecular complexity index is 916. The van der Waals surface area contributed by atoms with Crippen LogP contribution in [0, 0.1) is 0 Å². The molecular weight excluding hydrogens is 275 g/mol. The first-order valence-electron chi connectivity index (χ1n) is 6.89. The van der Waals surface area contributed by atoms with Gasteiger partial charge in [0.25, 0.3) is 0 Å². The van der Waals surface area contributed by atoms with E-state index in [1.807, 2.05) is 12.1 Å². The van der Waals surface area contributed by atoms with E-state index >= 15 is 0 Å². The summed E-state index contributed by atoms with van der Waals surface area (Å²) in [5, 5.41) is 3.56. The zero-order chi connectivity index (χ0) is 14.4. The van der Waals surface area contributed by atoms with Gasteiger partial charge in [-0.1, -0.05) is 42.5 Å². The number of rotatable bonds is 1. The summed E-state index contributed by atoms with van der Waals surface area (Å²) >= 11 is 0. The van der Waals surface area contributed by atoms with E-state index in [1.54, 1.807) is 0 Å². The standard InChI is InChI=1S/C18H15N2P/c19-15-11-12(9-10-18(15)21)20-16-7-3-1-5-13(16)14-6-2-4-8-17(14)20/h1-11H,19,21H2. The van der Waals surface area contributed by atoms with Gasteiger partial charge in [-0.2, -0.15) is 0 Å². The van der Waals surface area contributed by atoms with Gasteiger partial charge < -0.3 is 10.3 Å². The number of para-hydroxylation sites is 2. The molecule has 21 heavy (non-hydrogen) atoms. The number of hydrogen-bond acceptors (Lipinski definition) is 1. The Morgan fingerprint density at radius 2 is 1.33 bits per heavy atom. The highest BCUT2D eigenvalue weighted by molar-refractivity contribution is 7.28. The van der Waals surface area contributed by atoms with Crippen molar-refractivity contribution in [2.75, 3.05) is 5.73 Å². The van der Waals surface area contributed by atoms with E-state index in [0.717, 1.165) is 16.7 Å². The van der Waals surface area contributed by atoms with Gasteiger partial charge in [-0.15, -0.1) is 9.24 Å². The zero-order valence-electron chi connectivity index (χ0n) is 11.5. The molecule has 0 aliphatic rings. The maximum absolute atomic E-state index is 6.08. The minimum Gasteiger partial charge on any atom is -0.398 e. The Labute approximate surface area is 125 Å². The Morgan fingerprint density at radius 1 is 0.762 bits per heavy atom. The monoisotopic (exact) mass is 290 g/mol. The molecule has 0 spiro atoms. The van der Waals surface area contributed by atoms with Gasteiger partial charge in [0.15, 0.2) is 0 Å². The van der Waals surface area contributed by atoms with Crippen molar-refractivity contribution in [2.45, 2.75) is 0 Å². The Hall–Kier alpha value is -2.31. The van der Waals surface area contributed by atoms with Crippen LogP contribution in [0.2, 0.25) is 0 Å². The van der Waals surface area contributed by atoms with Crippen molar-refractivity contribution < 1.29 is 0 Å². The number of fused-ring (bicyclic) bond motifs is 3. The van der Waals surface area contributed by atoms with Crippen LogP contribution >= 0.6 is 9.24 Å². The highest BCUT2D eigenvalue weighted by Crippen LogP contribution is 2.31. The second-order valence-electron chi connectivity index (χ2n) is 5.18. The maximum Gasteiger partial charge on any atom is 0.0541 e. The third-order valence-electron chi connectivity index (χ3n) is 3.91. The summed E-state index contributed by atoms with van der Waals surface area (Å²) < 4.78 is 2.27. The number of nitrogens with zero attached hydrogens (tertiary/aromatic N) is 1. The summed E-state index contributed by atoms with van der Waals surface area (Å²) in [7, 11) is 2.67. The lowest BCUT2D eigenvalue weighted by molar-refractivity contribution is 1.18. The average Bonchev–Trinajstić information content (AvgIpc) is 2.85. The molecule has 0 aliphatic carbocycles. The molecule has 0 bridgehead atoms. The van der Waals surface area contributed by atoms with Crippen LogP contribution in [0.4, 0.5) is 5.69 Å². The fraction of sp³-hybridized carbons (Fsp3) is 0. The Balaban J connectivity index is 2.17. The molecule has 2 nitrogen and oxygen atoms in total. The molecular formula is C18H15N2P. The van der Waals surface area contributed by atoms with Crippen LogP contribution < -0.4 is 11.0 Å². The number of nitrogens with two attached hydrogens (primary N) is 1. The van der Waals surface area contributed by atoms with Crippen molar-refractivity contribution in [3.05, 3.63) is 66.7 Å². The highest BCUT2D eigenvalue weighted by Gasteiger charge is 2.11. The van der Waals surface area contributed by atoms with E-state index in [9.17, 15) is 0 Å². The van der Waals surface area contributed by atoms with Gasteiger partial charge in [0, 0.05) is 22.1 Å². The second-order valence-corrected chi connectivity index (χ2v) is 5.80. The second kappa shape index (κ2) is 4.61. The topological polar surface area (TPSA) is 30.9 Å². The van der Waals surface area contributed by atoms with Crippen molar-refractivity contribution in [3.8, 4) is 5.69 Å². The first kappa shape index (κ1) is 12.4. The molecule has 1 heterocycles. The van der Waals surface area contributed by atoms with Gasteiger partial charge in [-0.3, -0.25) is 0 Å². The van der Waals surface area contributed by atoms with Crippen molar-refractivity contribution >= 4 is 42.0 Å². The van der Waals surface area contributed by atoms with E-state index in [2.05, 4.69) is 68.4 Å². The molecule has 0 saturated carbocycles. The lowest BCUT2D eigenvalue weighted by Crippen LogP contribution is -2.03. The third-order valence-corrected chi connectivity index (χ3v) is 4.43. The van der Waals surface area contributed by atoms with E-state index < -0.39 is 0 Å². The normalized spacial score (nSPS) is 11.3. The van der Waals surface area contributed by atoms with Crippen molar-refractivity contribution in [1.82, 2.24) is 4.57 Å². The zero-order valence-corrected chi connectivity index (χ0v) is 12.6. The van der Waals surface area contributed by atoms with E-state index in [4.69, 9.17) is 5.73 Å². The fourth-order valence-corrected chi connectivity index (χ4v) is 3.08. The molecule has 4 aromatic rings. The van der Waals surface area contributed by atoms with Crippen LogP contribution in [-0.4, -0.2) is 4.57 Å². The van der Waals surface area contributed by atoms with Crippen LogP contribution in [0.3, 0.4) is 0 Å². The van der Waals surface area contributed by atoms with Gasteiger partial charge in [-0.05, 0) is 29.6 Å². The molecule has 102 valence electrons. The predicted octanol–water partition coefficient (Wildman–Crippen LogP) is 3.87. The smallest absolute Gasteiger partial charge is 0.0541 e. The van der Waals surface area contributed by atoms with Crippen LogP contribution in [0.5, 0.6) is 0 Å². The number of aromatic nitrogens is 1. The number of anilines is 1. The summed E-state index contributed by atoms with van der Waals surface area (Å²) in [6.07, 6.45) is 0. The minimum atomic E-state index is 0.791. The van der Waals surface area contributed by atoms with Crippen molar-refractivity contribution in [2.24, 2.45) is 0 Å². The quantitative estimate of drug-likeness (QED) is 0.419. The summed E-state index contributed by atoms with van der Waals surface area (Å²) in [5.74, 6) is 0. The van der Waals surface area contributed by atoms with Gasteiger partial charge in [0.05, 0.1) is 11.0 Å². The highest BCUT2D eigenvalue weighted by atomic mass is 31.0. The van der Waals surface area contributed by atoms with E-state index in [1.165, 1.54) is 21.8 Å². The van der Waals surface area contributed by atoms with Crippen LogP contribution in [-0.2, 0) is 0 Å². The number of nitrogen functional groups attached to an aromatic ring is 1. The van der Waals surface area contributed by atoms with Gasteiger partial charge in [0.1, 0.15) is 0 Å². The molecule has 0 aliphatic heterocycles. The van der Waals surface area contributed by atoms with E-state index in [0.29, 0.717) is 0 Å². The first-order valence-corrected chi connectivity index (χ1v) is 7.47. The fourth-order valence-electron chi connectivity index (χ4n) is 2.90. The molecule has 2 N–H and O–H groups in total. The van der Waals surface area contributed by atoms with Gasteiger partial charge in [0.2, 0.25) is 0 Å². The largest absolute Gasteiger partial charge is 0.398 e. The summed E-state index contributed by atoms with van der Waals surface area (Å²) in [6, 6.07) is 23.1. The Kier molecular flexibility index (Phi) is 2.73. The van der Waals surface area contributed by atoms with Crippen molar-refractivity contribution in [3.63, 3.8) is 0 Å².